The Bertz CT molecular complexity index is 1220. The summed E-state index contributed by atoms with van der Waals surface area (Å²) in [4.78, 5) is 28.3. The Hall–Kier alpha value is -2.75. The molecule has 132 valence electrons. The van der Waals surface area contributed by atoms with Crippen LogP contribution in [-0.2, 0) is 36.7 Å². The topological polar surface area (TPSA) is 96.0 Å². The van der Waals surface area contributed by atoms with Crippen molar-refractivity contribution in [3.8, 4) is 0 Å². The summed E-state index contributed by atoms with van der Waals surface area (Å²) in [6.45, 7) is 0. The molecule has 3 aromatic rings. The number of rotatable bonds is 3. The molecule has 2 aromatic heterocycles. The Kier molecular flexibility index (Phi) is 3.87. The number of nitrogens with zero attached hydrogens (tertiary/aromatic N) is 4. The summed E-state index contributed by atoms with van der Waals surface area (Å²) in [7, 11) is 0.135. The highest BCUT2D eigenvalue weighted by Crippen LogP contribution is 2.19. The van der Waals surface area contributed by atoms with Crippen LogP contribution in [0.5, 0.6) is 0 Å². The van der Waals surface area contributed by atoms with Crippen LogP contribution < -0.4 is 11.2 Å². The number of halogens is 1. The molecule has 0 amide bonds. The molecule has 0 aliphatic carbocycles. The SMILES string of the molecule is Cn1c(=O)c2c(nc(S(=O)(=O)Cc3cccc(F)c3)n2C)n(C)c1=O. The maximum absolute atomic E-state index is 13.3. The number of benzene rings is 1. The molecule has 0 N–H and O–H groups in total. The van der Waals surface area contributed by atoms with Gasteiger partial charge in [0.1, 0.15) is 5.82 Å². The van der Waals surface area contributed by atoms with E-state index in [2.05, 4.69) is 4.98 Å². The molecule has 0 aliphatic heterocycles. The number of sulfone groups is 1. The average Bonchev–Trinajstić information content (AvgIpc) is 2.89. The van der Waals surface area contributed by atoms with Crippen molar-refractivity contribution in [1.82, 2.24) is 18.7 Å². The normalized spacial score (nSPS) is 12.0. The third kappa shape index (κ3) is 2.68. The predicted molar refractivity (Wildman–Crippen MR) is 88.5 cm³/mol. The van der Waals surface area contributed by atoms with Gasteiger partial charge >= 0.3 is 5.69 Å². The number of hydrogen-bond donors (Lipinski definition) is 0. The minimum atomic E-state index is -3.96. The molecule has 0 bridgehead atoms. The highest BCUT2D eigenvalue weighted by molar-refractivity contribution is 7.90. The van der Waals surface area contributed by atoms with Crippen molar-refractivity contribution in [1.29, 1.82) is 0 Å². The highest BCUT2D eigenvalue weighted by Gasteiger charge is 2.26. The number of aromatic nitrogens is 4. The Morgan fingerprint density at radius 3 is 2.40 bits per heavy atom. The summed E-state index contributed by atoms with van der Waals surface area (Å²) >= 11 is 0. The van der Waals surface area contributed by atoms with Crippen molar-refractivity contribution in [2.24, 2.45) is 21.1 Å². The molecule has 1 aromatic carbocycles. The van der Waals surface area contributed by atoms with Gasteiger partial charge in [0.05, 0.1) is 5.75 Å². The molecule has 0 saturated carbocycles. The second kappa shape index (κ2) is 5.66. The molecule has 0 unspecified atom stereocenters. The third-order valence-corrected chi connectivity index (χ3v) is 5.59. The molecule has 8 nitrogen and oxygen atoms in total. The van der Waals surface area contributed by atoms with Crippen LogP contribution in [0.2, 0.25) is 0 Å². The van der Waals surface area contributed by atoms with E-state index in [0.717, 1.165) is 19.8 Å². The van der Waals surface area contributed by atoms with Crippen LogP contribution in [0.1, 0.15) is 5.56 Å². The van der Waals surface area contributed by atoms with Gasteiger partial charge < -0.3 is 4.57 Å². The first kappa shape index (κ1) is 17.1. The summed E-state index contributed by atoms with van der Waals surface area (Å²) in [5.74, 6) is -1.02. The molecule has 0 saturated heterocycles. The monoisotopic (exact) mass is 366 g/mol. The summed E-state index contributed by atoms with van der Waals surface area (Å²) in [6.07, 6.45) is 0. The molecule has 3 rings (SSSR count). The zero-order valence-corrected chi connectivity index (χ0v) is 14.5. The van der Waals surface area contributed by atoms with Crippen LogP contribution >= 0.6 is 0 Å². The van der Waals surface area contributed by atoms with Gasteiger partial charge in [-0.3, -0.25) is 13.9 Å². The molecule has 25 heavy (non-hydrogen) atoms. The Morgan fingerprint density at radius 1 is 1.08 bits per heavy atom. The van der Waals surface area contributed by atoms with E-state index in [-0.39, 0.29) is 21.9 Å². The van der Waals surface area contributed by atoms with Gasteiger partial charge in [0.25, 0.3) is 5.56 Å². The number of aryl methyl sites for hydroxylation is 2. The first-order valence-electron chi connectivity index (χ1n) is 7.23. The highest BCUT2D eigenvalue weighted by atomic mass is 32.2. The molecule has 0 fully saturated rings. The van der Waals surface area contributed by atoms with Crippen molar-refractivity contribution < 1.29 is 12.8 Å². The van der Waals surface area contributed by atoms with E-state index in [1.807, 2.05) is 0 Å². The molecular weight excluding hydrogens is 351 g/mol. The van der Waals surface area contributed by atoms with Crippen LogP contribution in [0.25, 0.3) is 11.2 Å². The Balaban J connectivity index is 2.24. The van der Waals surface area contributed by atoms with Crippen LogP contribution in [-0.4, -0.2) is 27.1 Å². The van der Waals surface area contributed by atoms with Crippen molar-refractivity contribution in [3.05, 3.63) is 56.5 Å². The average molecular weight is 366 g/mol. The third-order valence-electron chi connectivity index (χ3n) is 3.96. The lowest BCUT2D eigenvalue weighted by Gasteiger charge is -2.05. The van der Waals surface area contributed by atoms with Crippen LogP contribution in [0.4, 0.5) is 4.39 Å². The van der Waals surface area contributed by atoms with E-state index in [0.29, 0.717) is 0 Å². The van der Waals surface area contributed by atoms with Crippen molar-refractivity contribution in [2.45, 2.75) is 10.9 Å². The molecule has 0 aliphatic rings. The Labute approximate surface area is 141 Å². The maximum atomic E-state index is 13.3. The molecule has 0 atom stereocenters. The summed E-state index contributed by atoms with van der Waals surface area (Å²) in [5.41, 5.74) is -1.00. The standard InChI is InChI=1S/C15H15FN4O4S/c1-18-11-12(19(2)15(22)20(3)13(11)21)17-14(18)25(23,24)8-9-5-4-6-10(16)7-9/h4-7H,8H2,1-3H3. The summed E-state index contributed by atoms with van der Waals surface area (Å²) in [6, 6.07) is 5.23. The largest absolute Gasteiger partial charge is 0.332 e. The van der Waals surface area contributed by atoms with E-state index in [1.165, 1.54) is 39.3 Å². The van der Waals surface area contributed by atoms with E-state index in [9.17, 15) is 22.4 Å². The Morgan fingerprint density at radius 2 is 1.76 bits per heavy atom. The van der Waals surface area contributed by atoms with Crippen molar-refractivity contribution in [2.75, 3.05) is 0 Å². The second-order valence-electron chi connectivity index (χ2n) is 5.72. The molecular formula is C15H15FN4O4S. The molecule has 0 radical (unpaired) electrons. The van der Waals surface area contributed by atoms with Crippen LogP contribution in [0.3, 0.4) is 0 Å². The van der Waals surface area contributed by atoms with Gasteiger partial charge in [-0.15, -0.1) is 0 Å². The van der Waals surface area contributed by atoms with Gasteiger partial charge in [-0.25, -0.2) is 17.6 Å². The smallest absolute Gasteiger partial charge is 0.312 e. The first-order chi connectivity index (χ1) is 11.6. The summed E-state index contributed by atoms with van der Waals surface area (Å²) < 4.78 is 41.8. The van der Waals surface area contributed by atoms with E-state index >= 15 is 0 Å². The van der Waals surface area contributed by atoms with Gasteiger partial charge in [-0.05, 0) is 17.7 Å². The lowest BCUT2D eigenvalue weighted by molar-refractivity contribution is 0.579. The fourth-order valence-electron chi connectivity index (χ4n) is 2.69. The first-order valence-corrected chi connectivity index (χ1v) is 8.88. The van der Waals surface area contributed by atoms with Crippen LogP contribution in [0.15, 0.2) is 39.0 Å². The fraction of sp³-hybridized carbons (Fsp3) is 0.267. The lowest BCUT2D eigenvalue weighted by atomic mass is 10.2. The fourth-order valence-corrected chi connectivity index (χ4v) is 4.17. The second-order valence-corrected chi connectivity index (χ2v) is 7.60. The van der Waals surface area contributed by atoms with E-state index in [4.69, 9.17) is 0 Å². The predicted octanol–water partition coefficient (Wildman–Crippen LogP) is 0.0837. The quantitative estimate of drug-likeness (QED) is 0.654. The van der Waals surface area contributed by atoms with E-state index in [1.54, 1.807) is 0 Å². The van der Waals surface area contributed by atoms with Crippen molar-refractivity contribution >= 4 is 21.0 Å². The summed E-state index contributed by atoms with van der Waals surface area (Å²) in [5, 5.41) is -0.356. The van der Waals surface area contributed by atoms with Gasteiger partial charge in [0.2, 0.25) is 15.0 Å². The minimum absolute atomic E-state index is 0.00224. The lowest BCUT2D eigenvalue weighted by Crippen LogP contribution is -2.37. The van der Waals surface area contributed by atoms with Gasteiger partial charge in [-0.2, -0.15) is 4.98 Å². The number of fused-ring (bicyclic) bond motifs is 1. The number of imidazole rings is 1. The maximum Gasteiger partial charge on any atom is 0.332 e. The van der Waals surface area contributed by atoms with Crippen molar-refractivity contribution in [3.63, 3.8) is 0 Å². The molecule has 2 heterocycles. The minimum Gasteiger partial charge on any atom is -0.312 e. The van der Waals surface area contributed by atoms with Gasteiger partial charge in [-0.1, -0.05) is 12.1 Å². The van der Waals surface area contributed by atoms with Gasteiger partial charge in [0.15, 0.2) is 11.2 Å². The zero-order chi connectivity index (χ0) is 18.5. The van der Waals surface area contributed by atoms with E-state index < -0.39 is 32.7 Å². The van der Waals surface area contributed by atoms with Crippen LogP contribution in [0, 0.1) is 5.82 Å². The van der Waals surface area contributed by atoms with Gasteiger partial charge in [0, 0.05) is 21.1 Å². The molecule has 0 spiro atoms. The zero-order valence-electron chi connectivity index (χ0n) is 13.7. The number of hydrogen-bond acceptors (Lipinski definition) is 5. The molecule has 10 heteroatoms.